The summed E-state index contributed by atoms with van der Waals surface area (Å²) in [4.78, 5) is 11.0. The van der Waals surface area contributed by atoms with Gasteiger partial charge in [-0.25, -0.2) is 8.42 Å². The molecule has 2 aromatic rings. The van der Waals surface area contributed by atoms with Gasteiger partial charge in [0.15, 0.2) is 0 Å². The number of amides is 1. The van der Waals surface area contributed by atoms with Crippen LogP contribution in [0, 0.1) is 0 Å². The molecule has 0 radical (unpaired) electrons. The molecule has 2 rings (SSSR count). The summed E-state index contributed by atoms with van der Waals surface area (Å²) < 4.78 is 27.0. The number of benzene rings is 2. The summed E-state index contributed by atoms with van der Waals surface area (Å²) in [5.41, 5.74) is 6.69. The van der Waals surface area contributed by atoms with E-state index in [1.807, 2.05) is 0 Å². The molecule has 0 spiro atoms. The molecular weight excluding hydrogens is 290 g/mol. The van der Waals surface area contributed by atoms with Crippen LogP contribution in [0.25, 0.3) is 0 Å². The third-order valence-electron chi connectivity index (χ3n) is 2.64. The minimum atomic E-state index is -3.78. The van der Waals surface area contributed by atoms with Crippen LogP contribution in [0.15, 0.2) is 53.4 Å². The van der Waals surface area contributed by atoms with E-state index in [-0.39, 0.29) is 16.5 Å². The second-order valence-electron chi connectivity index (χ2n) is 4.41. The van der Waals surface area contributed by atoms with Gasteiger partial charge in [0, 0.05) is 12.6 Å². The Labute approximate surface area is 123 Å². The van der Waals surface area contributed by atoms with Crippen LogP contribution < -0.4 is 15.8 Å². The number of carbonyl (C=O) groups excluding carboxylic acids is 1. The summed E-state index contributed by atoms with van der Waals surface area (Å²) in [6, 6.07) is 12.6. The first-order valence-corrected chi connectivity index (χ1v) is 7.62. The molecule has 0 unspecified atom stereocenters. The molecule has 0 aliphatic rings. The molecule has 0 saturated carbocycles. The number of carbonyl (C=O) groups is 1. The minimum absolute atomic E-state index is 0.00919. The van der Waals surface area contributed by atoms with Crippen LogP contribution in [0.3, 0.4) is 0 Å². The van der Waals surface area contributed by atoms with Crippen molar-refractivity contribution < 1.29 is 13.2 Å². The fourth-order valence-corrected chi connectivity index (χ4v) is 2.98. The van der Waals surface area contributed by atoms with Crippen LogP contribution in [0.5, 0.6) is 0 Å². The molecule has 1 amide bonds. The van der Waals surface area contributed by atoms with E-state index < -0.39 is 10.0 Å². The summed E-state index contributed by atoms with van der Waals surface area (Å²) in [5.74, 6) is -0.234. The van der Waals surface area contributed by atoms with Gasteiger partial charge in [-0.1, -0.05) is 18.2 Å². The first kappa shape index (κ1) is 14.9. The number of anilines is 3. The van der Waals surface area contributed by atoms with Crippen molar-refractivity contribution in [3.05, 3.63) is 48.5 Å². The van der Waals surface area contributed by atoms with E-state index in [2.05, 4.69) is 10.0 Å². The molecule has 4 N–H and O–H groups in total. The lowest BCUT2D eigenvalue weighted by molar-refractivity contribution is -0.114. The molecule has 0 aliphatic heterocycles. The summed E-state index contributed by atoms with van der Waals surface area (Å²) in [6.45, 7) is 1.38. The number of para-hydroxylation sites is 1. The third kappa shape index (κ3) is 3.73. The SMILES string of the molecule is CC(=O)Nc1cccc(NS(=O)(=O)c2ccccc2N)c1. The van der Waals surface area contributed by atoms with Crippen molar-refractivity contribution in [2.45, 2.75) is 11.8 Å². The standard InChI is InChI=1S/C14H15N3O3S/c1-10(18)16-11-5-4-6-12(9-11)17-21(19,20)14-8-3-2-7-13(14)15/h2-9,17H,15H2,1H3,(H,16,18). The molecule has 0 heterocycles. The Hall–Kier alpha value is -2.54. The predicted molar refractivity (Wildman–Crippen MR) is 82.4 cm³/mol. The highest BCUT2D eigenvalue weighted by atomic mass is 32.2. The highest BCUT2D eigenvalue weighted by molar-refractivity contribution is 7.92. The molecule has 0 bridgehead atoms. The molecular formula is C14H15N3O3S. The fourth-order valence-electron chi connectivity index (χ4n) is 1.80. The molecule has 2 aromatic carbocycles. The maximum Gasteiger partial charge on any atom is 0.263 e. The van der Waals surface area contributed by atoms with Crippen molar-refractivity contribution in [2.24, 2.45) is 0 Å². The summed E-state index contributed by atoms with van der Waals surface area (Å²) in [7, 11) is -3.78. The van der Waals surface area contributed by atoms with Crippen molar-refractivity contribution in [3.63, 3.8) is 0 Å². The Morgan fingerprint density at radius 3 is 2.38 bits per heavy atom. The van der Waals surface area contributed by atoms with Crippen LogP contribution in [-0.4, -0.2) is 14.3 Å². The summed E-state index contributed by atoms with van der Waals surface area (Å²) in [5, 5.41) is 2.58. The quantitative estimate of drug-likeness (QED) is 0.752. The molecule has 0 aromatic heterocycles. The van der Waals surface area contributed by atoms with E-state index in [0.29, 0.717) is 11.4 Å². The van der Waals surface area contributed by atoms with Crippen molar-refractivity contribution >= 4 is 33.0 Å². The molecule has 0 atom stereocenters. The molecule has 110 valence electrons. The second-order valence-corrected chi connectivity index (χ2v) is 6.06. The number of rotatable bonds is 4. The number of sulfonamides is 1. The van der Waals surface area contributed by atoms with E-state index in [0.717, 1.165) is 0 Å². The first-order chi connectivity index (χ1) is 9.88. The van der Waals surface area contributed by atoms with Gasteiger partial charge in [0.2, 0.25) is 5.91 Å². The van der Waals surface area contributed by atoms with Gasteiger partial charge >= 0.3 is 0 Å². The summed E-state index contributed by atoms with van der Waals surface area (Å²) >= 11 is 0. The largest absolute Gasteiger partial charge is 0.398 e. The number of hydrogen-bond acceptors (Lipinski definition) is 4. The molecule has 0 saturated heterocycles. The van der Waals surface area contributed by atoms with Gasteiger partial charge in [0.1, 0.15) is 4.90 Å². The van der Waals surface area contributed by atoms with E-state index in [4.69, 9.17) is 5.73 Å². The second kappa shape index (κ2) is 5.84. The lowest BCUT2D eigenvalue weighted by Gasteiger charge is -2.11. The molecule has 0 fully saturated rings. The van der Waals surface area contributed by atoms with Crippen LogP contribution in [0.2, 0.25) is 0 Å². The Morgan fingerprint density at radius 2 is 1.71 bits per heavy atom. The number of nitrogen functional groups attached to an aromatic ring is 1. The minimum Gasteiger partial charge on any atom is -0.398 e. The van der Waals surface area contributed by atoms with E-state index in [9.17, 15) is 13.2 Å². The highest BCUT2D eigenvalue weighted by Crippen LogP contribution is 2.22. The highest BCUT2D eigenvalue weighted by Gasteiger charge is 2.17. The van der Waals surface area contributed by atoms with Crippen molar-refractivity contribution in [2.75, 3.05) is 15.8 Å². The number of nitrogens with one attached hydrogen (secondary N) is 2. The average Bonchev–Trinajstić information content (AvgIpc) is 2.38. The lowest BCUT2D eigenvalue weighted by atomic mass is 10.3. The van der Waals surface area contributed by atoms with Gasteiger partial charge in [0.05, 0.1) is 11.4 Å². The maximum absolute atomic E-state index is 12.3. The Balaban J connectivity index is 2.29. The van der Waals surface area contributed by atoms with E-state index in [1.54, 1.807) is 30.3 Å². The zero-order chi connectivity index (χ0) is 15.5. The van der Waals surface area contributed by atoms with Gasteiger partial charge in [-0.2, -0.15) is 0 Å². The average molecular weight is 305 g/mol. The number of hydrogen-bond donors (Lipinski definition) is 3. The normalized spacial score (nSPS) is 10.9. The van der Waals surface area contributed by atoms with Gasteiger partial charge in [-0.15, -0.1) is 0 Å². The lowest BCUT2D eigenvalue weighted by Crippen LogP contribution is -2.15. The van der Waals surface area contributed by atoms with Crippen molar-refractivity contribution in [1.82, 2.24) is 0 Å². The van der Waals surface area contributed by atoms with Crippen LogP contribution in [0.4, 0.5) is 17.1 Å². The monoisotopic (exact) mass is 305 g/mol. The van der Waals surface area contributed by atoms with E-state index in [1.165, 1.54) is 25.1 Å². The maximum atomic E-state index is 12.3. The smallest absolute Gasteiger partial charge is 0.263 e. The third-order valence-corrected chi connectivity index (χ3v) is 4.10. The topological polar surface area (TPSA) is 101 Å². The van der Waals surface area contributed by atoms with Crippen molar-refractivity contribution in [1.29, 1.82) is 0 Å². The van der Waals surface area contributed by atoms with Gasteiger partial charge in [0.25, 0.3) is 10.0 Å². The summed E-state index contributed by atoms with van der Waals surface area (Å²) in [6.07, 6.45) is 0. The Kier molecular flexibility index (Phi) is 4.13. The Bertz CT molecular complexity index is 773. The fraction of sp³-hybridized carbons (Fsp3) is 0.0714. The number of nitrogens with two attached hydrogens (primary N) is 1. The molecule has 21 heavy (non-hydrogen) atoms. The first-order valence-electron chi connectivity index (χ1n) is 6.13. The van der Waals surface area contributed by atoms with Gasteiger partial charge in [-0.05, 0) is 30.3 Å². The van der Waals surface area contributed by atoms with Gasteiger partial charge in [-0.3, -0.25) is 9.52 Å². The molecule has 7 heteroatoms. The molecule has 0 aliphatic carbocycles. The Morgan fingerprint density at radius 1 is 1.05 bits per heavy atom. The van der Waals surface area contributed by atoms with E-state index >= 15 is 0 Å². The van der Waals surface area contributed by atoms with Crippen LogP contribution >= 0.6 is 0 Å². The van der Waals surface area contributed by atoms with Gasteiger partial charge < -0.3 is 11.1 Å². The predicted octanol–water partition coefficient (Wildman–Crippen LogP) is 2.03. The zero-order valence-electron chi connectivity index (χ0n) is 11.3. The van der Waals surface area contributed by atoms with Crippen LogP contribution in [-0.2, 0) is 14.8 Å². The van der Waals surface area contributed by atoms with Crippen molar-refractivity contribution in [3.8, 4) is 0 Å². The van der Waals surface area contributed by atoms with Crippen LogP contribution in [0.1, 0.15) is 6.92 Å². The zero-order valence-corrected chi connectivity index (χ0v) is 12.1. The molecule has 6 nitrogen and oxygen atoms in total.